The number of benzene rings is 1. The molecule has 4 atom stereocenters. The average molecular weight is 578 g/mol. The summed E-state index contributed by atoms with van der Waals surface area (Å²) in [5.74, 6) is -4.91. The van der Waals surface area contributed by atoms with Gasteiger partial charge < -0.3 is 14.6 Å². The molecule has 2 amide bonds. The number of fused-ring (bicyclic) bond motifs is 3. The Bertz CT molecular complexity index is 1560. The van der Waals surface area contributed by atoms with Crippen molar-refractivity contribution in [2.24, 2.45) is 17.8 Å². The monoisotopic (exact) mass is 577 g/mol. The number of aliphatic hydroxyl groups is 1. The molecule has 0 spiro atoms. The van der Waals surface area contributed by atoms with E-state index in [2.05, 4.69) is 15.9 Å². The van der Waals surface area contributed by atoms with Crippen LogP contribution in [0, 0.1) is 17.8 Å². The van der Waals surface area contributed by atoms with Crippen LogP contribution in [0.2, 0.25) is 0 Å². The third-order valence-corrected chi connectivity index (χ3v) is 8.39. The quantitative estimate of drug-likeness (QED) is 0.319. The number of hydrogen-bond acceptors (Lipinski definition) is 7. The molecule has 9 nitrogen and oxygen atoms in total. The van der Waals surface area contributed by atoms with Gasteiger partial charge in [0.1, 0.15) is 18.1 Å². The number of halogens is 1. The maximum absolute atomic E-state index is 13.8. The standard InChI is InChI=1S/C28H20BrNO8/c29-19-10-20(32)23-18(25(19)33)9-17-15(24(23)21-7-4-14(11-31)38-21)5-6-16-22(17)27(35)30(26(16)34)13-3-1-2-12(8-13)28(36)37/h1-5,7-8,10,16-17,22,24,31H,6,9,11H2,(H,36,37). The van der Waals surface area contributed by atoms with Crippen LogP contribution < -0.4 is 4.90 Å². The molecule has 192 valence electrons. The molecular weight excluding hydrogens is 558 g/mol. The summed E-state index contributed by atoms with van der Waals surface area (Å²) in [6, 6.07) is 8.90. The van der Waals surface area contributed by atoms with Crippen molar-refractivity contribution in [1.29, 1.82) is 0 Å². The van der Waals surface area contributed by atoms with E-state index in [1.54, 1.807) is 12.1 Å². The second-order valence-electron chi connectivity index (χ2n) is 9.72. The van der Waals surface area contributed by atoms with Crippen molar-refractivity contribution >= 4 is 51.0 Å². The molecule has 10 heteroatoms. The highest BCUT2D eigenvalue weighted by Gasteiger charge is 2.57. The Morgan fingerprint density at radius 1 is 1.08 bits per heavy atom. The van der Waals surface area contributed by atoms with Crippen molar-refractivity contribution in [2.45, 2.75) is 25.4 Å². The number of carbonyl (C=O) groups excluding carboxylic acids is 4. The van der Waals surface area contributed by atoms with Gasteiger partial charge in [0.25, 0.3) is 0 Å². The fraction of sp³-hybridized carbons (Fsp3) is 0.250. The first-order valence-electron chi connectivity index (χ1n) is 12.0. The number of carboxylic acids is 1. The van der Waals surface area contributed by atoms with Crippen LogP contribution in [0.4, 0.5) is 5.69 Å². The van der Waals surface area contributed by atoms with Crippen molar-refractivity contribution in [1.82, 2.24) is 0 Å². The molecule has 2 heterocycles. The van der Waals surface area contributed by atoms with Gasteiger partial charge in [0.2, 0.25) is 11.8 Å². The largest absolute Gasteiger partial charge is 0.478 e. The van der Waals surface area contributed by atoms with Crippen molar-refractivity contribution in [3.05, 3.63) is 86.8 Å². The van der Waals surface area contributed by atoms with E-state index in [0.717, 1.165) is 10.5 Å². The molecule has 1 fully saturated rings. The molecule has 2 N–H and O–H groups in total. The molecule has 0 bridgehead atoms. The van der Waals surface area contributed by atoms with Crippen LogP contribution in [0.5, 0.6) is 0 Å². The van der Waals surface area contributed by atoms with Crippen LogP contribution in [0.15, 0.2) is 74.2 Å². The number of hydrogen-bond donors (Lipinski definition) is 2. The number of carboxylic acid groups (broad SMARTS) is 1. The summed E-state index contributed by atoms with van der Waals surface area (Å²) in [4.78, 5) is 66.2. The predicted molar refractivity (Wildman–Crippen MR) is 135 cm³/mol. The summed E-state index contributed by atoms with van der Waals surface area (Å²) < 4.78 is 5.95. The molecule has 4 aliphatic rings. The number of imide groups is 1. The van der Waals surface area contributed by atoms with Gasteiger partial charge in [0.15, 0.2) is 11.6 Å². The number of amides is 2. The topological polar surface area (TPSA) is 142 Å². The van der Waals surface area contributed by atoms with Crippen LogP contribution in [-0.4, -0.2) is 39.6 Å². The Kier molecular flexibility index (Phi) is 5.69. The van der Waals surface area contributed by atoms with E-state index in [1.165, 1.54) is 30.3 Å². The lowest BCUT2D eigenvalue weighted by Gasteiger charge is -2.41. The van der Waals surface area contributed by atoms with Gasteiger partial charge in [-0.2, -0.15) is 0 Å². The summed E-state index contributed by atoms with van der Waals surface area (Å²) in [5, 5.41) is 18.9. The van der Waals surface area contributed by atoms with Crippen molar-refractivity contribution in [3.63, 3.8) is 0 Å². The van der Waals surface area contributed by atoms with Crippen LogP contribution in [0.3, 0.4) is 0 Å². The van der Waals surface area contributed by atoms with E-state index < -0.39 is 41.5 Å². The molecule has 6 rings (SSSR count). The molecule has 1 aliphatic heterocycles. The lowest BCUT2D eigenvalue weighted by molar-refractivity contribution is -0.123. The molecule has 2 aromatic rings. The second kappa shape index (κ2) is 8.85. The van der Waals surface area contributed by atoms with Gasteiger partial charge in [0, 0.05) is 17.2 Å². The minimum atomic E-state index is -1.18. The number of allylic oxidation sites excluding steroid dienone is 6. The fourth-order valence-corrected chi connectivity index (χ4v) is 6.65. The number of ketones is 2. The molecule has 3 aliphatic carbocycles. The van der Waals surface area contributed by atoms with Crippen LogP contribution in [0.25, 0.3) is 0 Å². The van der Waals surface area contributed by atoms with E-state index in [4.69, 9.17) is 4.42 Å². The molecule has 1 saturated heterocycles. The first-order chi connectivity index (χ1) is 18.2. The van der Waals surface area contributed by atoms with Crippen LogP contribution in [-0.2, 0) is 25.8 Å². The zero-order valence-electron chi connectivity index (χ0n) is 19.7. The minimum Gasteiger partial charge on any atom is -0.478 e. The first-order valence-corrected chi connectivity index (χ1v) is 12.8. The van der Waals surface area contributed by atoms with Crippen molar-refractivity contribution in [3.8, 4) is 0 Å². The summed E-state index contributed by atoms with van der Waals surface area (Å²) in [7, 11) is 0. The summed E-state index contributed by atoms with van der Waals surface area (Å²) >= 11 is 3.18. The normalized spacial score (nSPS) is 26.6. The number of rotatable bonds is 4. The first kappa shape index (κ1) is 24.4. The van der Waals surface area contributed by atoms with Gasteiger partial charge in [0.05, 0.1) is 33.5 Å². The Labute approximate surface area is 224 Å². The zero-order valence-corrected chi connectivity index (χ0v) is 21.3. The number of Topliss-reactive ketones (excluding diaryl/α,β-unsaturated/α-hetero) is 1. The summed E-state index contributed by atoms with van der Waals surface area (Å²) in [5.41, 5.74) is 1.39. The van der Waals surface area contributed by atoms with Crippen LogP contribution >= 0.6 is 15.9 Å². The molecular formula is C28H20BrNO8. The number of furan rings is 1. The van der Waals surface area contributed by atoms with Gasteiger partial charge in [-0.3, -0.25) is 24.1 Å². The third-order valence-electron chi connectivity index (χ3n) is 7.81. The van der Waals surface area contributed by atoms with Gasteiger partial charge in [-0.15, -0.1) is 0 Å². The van der Waals surface area contributed by atoms with Gasteiger partial charge in [-0.1, -0.05) is 17.7 Å². The Morgan fingerprint density at radius 3 is 2.58 bits per heavy atom. The van der Waals surface area contributed by atoms with E-state index in [1.807, 2.05) is 6.08 Å². The smallest absolute Gasteiger partial charge is 0.335 e. The number of nitrogens with zero attached hydrogens (tertiary/aromatic N) is 1. The Balaban J connectivity index is 1.46. The predicted octanol–water partition coefficient (Wildman–Crippen LogP) is 3.44. The molecule has 38 heavy (non-hydrogen) atoms. The molecule has 1 aromatic heterocycles. The zero-order chi connectivity index (χ0) is 26.9. The highest BCUT2D eigenvalue weighted by Crippen LogP contribution is 2.55. The van der Waals surface area contributed by atoms with Crippen molar-refractivity contribution < 1.29 is 38.6 Å². The molecule has 0 saturated carbocycles. The van der Waals surface area contributed by atoms with E-state index >= 15 is 0 Å². The van der Waals surface area contributed by atoms with Gasteiger partial charge in [-0.25, -0.2) is 4.79 Å². The summed E-state index contributed by atoms with van der Waals surface area (Å²) in [6.07, 6.45) is 3.43. The van der Waals surface area contributed by atoms with E-state index in [-0.39, 0.29) is 57.9 Å². The molecule has 4 unspecified atom stereocenters. The highest BCUT2D eigenvalue weighted by molar-refractivity contribution is 9.12. The van der Waals surface area contributed by atoms with Gasteiger partial charge >= 0.3 is 5.97 Å². The molecule has 1 aromatic carbocycles. The Morgan fingerprint density at radius 2 is 1.87 bits per heavy atom. The highest BCUT2D eigenvalue weighted by atomic mass is 79.9. The number of aromatic carboxylic acids is 1. The molecule has 0 radical (unpaired) electrons. The second-order valence-corrected chi connectivity index (χ2v) is 10.6. The number of carbonyl (C=O) groups is 5. The van der Waals surface area contributed by atoms with E-state index in [0.29, 0.717) is 11.5 Å². The maximum atomic E-state index is 13.8. The fourth-order valence-electron chi connectivity index (χ4n) is 6.20. The van der Waals surface area contributed by atoms with Gasteiger partial charge in [-0.05, 0) is 65.0 Å². The van der Waals surface area contributed by atoms with Crippen LogP contribution in [0.1, 0.15) is 40.6 Å². The number of anilines is 1. The average Bonchev–Trinajstić information content (AvgIpc) is 3.48. The Hall–Kier alpha value is -3.89. The van der Waals surface area contributed by atoms with Crippen molar-refractivity contribution in [2.75, 3.05) is 4.90 Å². The lowest BCUT2D eigenvalue weighted by atomic mass is 9.60. The SMILES string of the molecule is O=C1C=C(Br)C(=O)C2=C1C(c1ccc(CO)o1)C1=CCC3C(=O)N(c4cccc(C(=O)O)c4)C(=O)C3C1C2. The minimum absolute atomic E-state index is 0.0511. The maximum Gasteiger partial charge on any atom is 0.335 e. The number of aliphatic hydroxyl groups excluding tert-OH is 1. The summed E-state index contributed by atoms with van der Waals surface area (Å²) in [6.45, 7) is -0.346. The third kappa shape index (κ3) is 3.51. The van der Waals surface area contributed by atoms with E-state index in [9.17, 15) is 34.2 Å². The lowest BCUT2D eigenvalue weighted by Crippen LogP contribution is -2.39.